The van der Waals surface area contributed by atoms with Crippen molar-refractivity contribution in [3.63, 3.8) is 0 Å². The molecular weight excluding hydrogens is 697 g/mol. The van der Waals surface area contributed by atoms with Gasteiger partial charge < -0.3 is 34.5 Å². The summed E-state index contributed by atoms with van der Waals surface area (Å²) in [5, 5.41) is 10.8. The van der Waals surface area contributed by atoms with Gasteiger partial charge in [0, 0.05) is 64.3 Å². The minimum atomic E-state index is -1.05. The molecule has 4 N–H and O–H groups in total. The van der Waals surface area contributed by atoms with Gasteiger partial charge >= 0.3 is 0 Å². The lowest BCUT2D eigenvalue weighted by Crippen LogP contribution is -2.46. The van der Waals surface area contributed by atoms with Crippen LogP contribution in [-0.2, 0) is 26.2 Å². The molecule has 12 nitrogen and oxygen atoms in total. The van der Waals surface area contributed by atoms with Gasteiger partial charge in [-0.3, -0.25) is 14.4 Å². The number of anilines is 1. The van der Waals surface area contributed by atoms with Gasteiger partial charge in [-0.05, 0) is 41.5 Å². The lowest BCUT2D eigenvalue weighted by Gasteiger charge is -2.29. The topological polar surface area (TPSA) is 164 Å². The van der Waals surface area contributed by atoms with E-state index >= 15 is 0 Å². The maximum atomic E-state index is 14.4. The summed E-state index contributed by atoms with van der Waals surface area (Å²) in [5.74, 6) is 0.440. The highest BCUT2D eigenvalue weighted by Crippen LogP contribution is 2.61. The first kappa shape index (κ1) is 33.4. The molecule has 0 fully saturated rings. The molecule has 10 bridgehead atoms. The number of Topliss-reactive ketones (excluding diaryl/α,β-unsaturated/α-hetero) is 1. The van der Waals surface area contributed by atoms with Crippen molar-refractivity contribution < 1.29 is 28.0 Å². The lowest BCUT2D eigenvalue weighted by molar-refractivity contribution is -0.132. The molecule has 7 heterocycles. The number of carbonyl (C=O) groups is 3. The second-order valence-corrected chi connectivity index (χ2v) is 15.9. The Morgan fingerprint density at radius 2 is 1.80 bits per heavy atom. The van der Waals surface area contributed by atoms with Gasteiger partial charge in [0.05, 0.1) is 12.2 Å². The van der Waals surface area contributed by atoms with Crippen LogP contribution in [0.3, 0.4) is 0 Å². The second-order valence-electron chi connectivity index (χ2n) is 15.9. The summed E-state index contributed by atoms with van der Waals surface area (Å²) in [6.45, 7) is 9.15. The fourth-order valence-corrected chi connectivity index (χ4v) is 9.18. The molecule has 1 spiro atoms. The Labute approximate surface area is 316 Å². The first-order valence-electron chi connectivity index (χ1n) is 18.9. The fourth-order valence-electron chi connectivity index (χ4n) is 9.18. The van der Waals surface area contributed by atoms with Crippen molar-refractivity contribution in [3.8, 4) is 39.8 Å². The number of aromatic amines is 1. The van der Waals surface area contributed by atoms with E-state index in [2.05, 4.69) is 51.3 Å². The molecule has 12 heteroatoms. The molecule has 3 aromatic carbocycles. The molecule has 2 amide bonds. The summed E-state index contributed by atoms with van der Waals surface area (Å²) in [6.07, 6.45) is 3.23. The molecule has 4 aliphatic rings. The molecule has 3 aromatic heterocycles. The van der Waals surface area contributed by atoms with Crippen LogP contribution in [0.15, 0.2) is 75.8 Å². The molecule has 10 rings (SSSR count). The van der Waals surface area contributed by atoms with Crippen molar-refractivity contribution in [2.75, 3.05) is 5.32 Å². The largest absolute Gasteiger partial charge is 0.469 e. The van der Waals surface area contributed by atoms with Crippen LogP contribution in [0.4, 0.5) is 5.69 Å². The number of amides is 2. The number of nitrogens with zero attached hydrogens (tertiary/aromatic N) is 2. The van der Waals surface area contributed by atoms with Crippen LogP contribution in [0, 0.1) is 17.8 Å². The standard InChI is InChI=1S/C43H40N6O6/c1-19(2)34(46-21(5)50)30(51)16-23-14-22-12-13-31-28(15-22)43-27-10-6-9-25(36(27)49-42(43)54-31)24-8-7-11-29-33(24)26(17-44-29)32-18-45-40(53-32)37-38(43)55-41(48-37)35(20(3)4)47-39(23)52/h6-13,15,17-20,23,34-35,42,44,49H,14,16H2,1-5H3,(H,46,50)(H,47,52)/t23-,34+,35+,42+,43?/m1/s1. The summed E-state index contributed by atoms with van der Waals surface area (Å²) in [7, 11) is 0. The molecule has 0 saturated carbocycles. The van der Waals surface area contributed by atoms with Gasteiger partial charge in [-0.1, -0.05) is 70.2 Å². The number of fused-ring (bicyclic) bond motifs is 7. The number of ether oxygens (including phenoxy) is 1. The minimum absolute atomic E-state index is 0.0673. The van der Waals surface area contributed by atoms with Gasteiger partial charge in [0.2, 0.25) is 23.6 Å². The van der Waals surface area contributed by atoms with E-state index in [9.17, 15) is 14.4 Å². The van der Waals surface area contributed by atoms with Gasteiger partial charge in [0.25, 0.3) is 0 Å². The van der Waals surface area contributed by atoms with Crippen LogP contribution in [0.5, 0.6) is 5.75 Å². The van der Waals surface area contributed by atoms with Gasteiger partial charge in [-0.15, -0.1) is 0 Å². The van der Waals surface area contributed by atoms with Crippen LogP contribution < -0.4 is 20.7 Å². The molecule has 278 valence electrons. The highest BCUT2D eigenvalue weighted by Gasteiger charge is 2.61. The molecule has 4 aliphatic heterocycles. The Balaban J connectivity index is 1.23. The predicted molar refractivity (Wildman–Crippen MR) is 204 cm³/mol. The number of carbonyl (C=O) groups excluding carboxylic acids is 3. The Kier molecular flexibility index (Phi) is 7.24. The van der Waals surface area contributed by atoms with Crippen molar-refractivity contribution in [2.45, 2.75) is 71.2 Å². The number of hydrogen-bond acceptors (Lipinski definition) is 9. The number of ketones is 1. The summed E-state index contributed by atoms with van der Waals surface area (Å²) >= 11 is 0. The number of hydrogen-bond donors (Lipinski definition) is 4. The van der Waals surface area contributed by atoms with E-state index in [4.69, 9.17) is 23.5 Å². The van der Waals surface area contributed by atoms with E-state index in [0.29, 0.717) is 28.9 Å². The zero-order chi connectivity index (χ0) is 37.9. The fraction of sp³-hybridized carbons (Fsp3) is 0.326. The third-order valence-electron chi connectivity index (χ3n) is 11.7. The average molecular weight is 737 g/mol. The molecule has 5 atom stereocenters. The van der Waals surface area contributed by atoms with Gasteiger partial charge in [0.15, 0.2) is 29.2 Å². The van der Waals surface area contributed by atoms with Crippen molar-refractivity contribution in [2.24, 2.45) is 17.8 Å². The van der Waals surface area contributed by atoms with E-state index in [-0.39, 0.29) is 48.2 Å². The smallest absolute Gasteiger partial charge is 0.249 e. The zero-order valence-corrected chi connectivity index (χ0v) is 31.1. The first-order valence-corrected chi connectivity index (χ1v) is 18.9. The Morgan fingerprint density at radius 3 is 2.60 bits per heavy atom. The summed E-state index contributed by atoms with van der Waals surface area (Å²) < 4.78 is 20.5. The Hall–Kier alpha value is -6.17. The maximum absolute atomic E-state index is 14.4. The molecular formula is C43H40N6O6. The highest BCUT2D eigenvalue weighted by atomic mass is 16.5. The zero-order valence-electron chi connectivity index (χ0n) is 31.1. The summed E-state index contributed by atoms with van der Waals surface area (Å²) in [5.41, 5.74) is 6.75. The van der Waals surface area contributed by atoms with Crippen molar-refractivity contribution in [1.29, 1.82) is 0 Å². The first-order chi connectivity index (χ1) is 26.5. The monoisotopic (exact) mass is 736 g/mol. The molecule has 6 aromatic rings. The number of H-pyrrole nitrogens is 1. The molecule has 0 radical (unpaired) electrons. The normalized spacial score (nSPS) is 21.9. The quantitative estimate of drug-likeness (QED) is 0.140. The highest BCUT2D eigenvalue weighted by molar-refractivity contribution is 6.07. The molecule has 0 aliphatic carbocycles. The SMILES string of the molecule is CC(=O)N[C@H](C(=O)C[C@H]1Cc2ccc3c(c2)C24c5cccc(c5N[C@H]2O3)-c2cccc3[nH]cc(c23)-c2cnc(o2)-c2nc(oc24)[C@H](C(C)C)NC1=O)C(C)C. The number of benzene rings is 3. The Morgan fingerprint density at radius 1 is 0.982 bits per heavy atom. The van der Waals surface area contributed by atoms with Crippen LogP contribution >= 0.6 is 0 Å². The summed E-state index contributed by atoms with van der Waals surface area (Å²) in [4.78, 5) is 53.8. The van der Waals surface area contributed by atoms with Crippen LogP contribution in [0.1, 0.15) is 75.4 Å². The van der Waals surface area contributed by atoms with Crippen LogP contribution in [0.2, 0.25) is 0 Å². The Bertz CT molecular complexity index is 2600. The van der Waals surface area contributed by atoms with Gasteiger partial charge in [-0.25, -0.2) is 9.97 Å². The van der Waals surface area contributed by atoms with E-state index in [1.54, 1.807) is 6.20 Å². The molecule has 55 heavy (non-hydrogen) atoms. The maximum Gasteiger partial charge on any atom is 0.249 e. The lowest BCUT2D eigenvalue weighted by atomic mass is 9.72. The third kappa shape index (κ3) is 4.79. The third-order valence-corrected chi connectivity index (χ3v) is 11.7. The van der Waals surface area contributed by atoms with Crippen molar-refractivity contribution in [1.82, 2.24) is 25.6 Å². The van der Waals surface area contributed by atoms with Crippen LogP contribution in [0.25, 0.3) is 44.9 Å². The number of rotatable bonds is 6. The second kappa shape index (κ2) is 11.9. The van der Waals surface area contributed by atoms with E-state index in [1.807, 2.05) is 58.2 Å². The average Bonchev–Trinajstić information content (AvgIpc) is 3.98. The molecule has 1 unspecified atom stereocenters. The van der Waals surface area contributed by atoms with Crippen molar-refractivity contribution in [3.05, 3.63) is 95.3 Å². The molecule has 0 saturated heterocycles. The van der Waals surface area contributed by atoms with Crippen LogP contribution in [-0.4, -0.2) is 44.8 Å². The van der Waals surface area contributed by atoms with Crippen molar-refractivity contribution >= 4 is 34.2 Å². The van der Waals surface area contributed by atoms with E-state index < -0.39 is 29.6 Å². The van der Waals surface area contributed by atoms with Gasteiger partial charge in [-0.2, -0.15) is 0 Å². The van der Waals surface area contributed by atoms with Gasteiger partial charge in [0.1, 0.15) is 17.2 Å². The number of oxazole rings is 2. The number of nitrogens with one attached hydrogen (secondary N) is 4. The minimum Gasteiger partial charge on any atom is -0.469 e. The number of aromatic nitrogens is 3. The summed E-state index contributed by atoms with van der Waals surface area (Å²) in [6, 6.07) is 17.1. The predicted octanol–water partition coefficient (Wildman–Crippen LogP) is 7.04. The number of para-hydroxylation sites is 1. The van der Waals surface area contributed by atoms with E-state index in [0.717, 1.165) is 50.0 Å². The van der Waals surface area contributed by atoms with E-state index in [1.165, 1.54) is 6.92 Å².